The second kappa shape index (κ2) is 11.2. The summed E-state index contributed by atoms with van der Waals surface area (Å²) in [5.41, 5.74) is 2.08. The summed E-state index contributed by atoms with van der Waals surface area (Å²) >= 11 is 0. The third-order valence-corrected chi connectivity index (χ3v) is 4.98. The van der Waals surface area contributed by atoms with Gasteiger partial charge in [0.05, 0.1) is 25.4 Å². The molecule has 2 N–H and O–H groups in total. The Kier molecular flexibility index (Phi) is 9.28. The Balaban J connectivity index is 0.00000261. The molecule has 2 saturated heterocycles. The Morgan fingerprint density at radius 3 is 2.67 bits per heavy atom. The van der Waals surface area contributed by atoms with Crippen LogP contribution in [0.4, 0.5) is 0 Å². The van der Waals surface area contributed by atoms with Crippen molar-refractivity contribution in [3.05, 3.63) is 35.4 Å². The average Bonchev–Trinajstić information content (AvgIpc) is 3.20. The third kappa shape index (κ3) is 6.30. The molecule has 0 bridgehead atoms. The predicted octanol–water partition coefficient (Wildman–Crippen LogP) is 2.49. The summed E-state index contributed by atoms with van der Waals surface area (Å²) in [6.07, 6.45) is 1.87. The number of guanidine groups is 1. The Morgan fingerprint density at radius 1 is 1.26 bits per heavy atom. The first-order chi connectivity index (χ1) is 12.7. The smallest absolute Gasteiger partial charge is 0.194 e. The zero-order chi connectivity index (χ0) is 18.4. The maximum absolute atomic E-state index is 10.5. The number of aliphatic hydroxyl groups excluding tert-OH is 1. The molecule has 1 aromatic carbocycles. The average molecular weight is 489 g/mol. The molecule has 0 aromatic heterocycles. The predicted molar refractivity (Wildman–Crippen MR) is 118 cm³/mol. The molecule has 3 unspecified atom stereocenters. The van der Waals surface area contributed by atoms with E-state index in [9.17, 15) is 5.11 Å². The number of aliphatic imine (C=N–C) groups is 1. The summed E-state index contributed by atoms with van der Waals surface area (Å²) in [6, 6.07) is 7.96. The number of morpholine rings is 1. The van der Waals surface area contributed by atoms with Crippen LogP contribution in [-0.2, 0) is 9.47 Å². The zero-order valence-corrected chi connectivity index (χ0v) is 18.6. The third-order valence-electron chi connectivity index (χ3n) is 4.98. The topological polar surface area (TPSA) is 66.3 Å². The number of halogens is 1. The van der Waals surface area contributed by atoms with Crippen LogP contribution in [0.2, 0.25) is 0 Å². The molecule has 0 radical (unpaired) electrons. The van der Waals surface area contributed by atoms with Crippen LogP contribution in [0.5, 0.6) is 0 Å². The molecule has 2 aliphatic rings. The van der Waals surface area contributed by atoms with Crippen LogP contribution in [0, 0.1) is 6.92 Å². The van der Waals surface area contributed by atoms with Crippen LogP contribution < -0.4 is 5.32 Å². The summed E-state index contributed by atoms with van der Waals surface area (Å²) in [6.45, 7) is 8.32. The molecule has 3 rings (SSSR count). The highest BCUT2D eigenvalue weighted by molar-refractivity contribution is 14.0. The number of hydrogen-bond donors (Lipinski definition) is 2. The summed E-state index contributed by atoms with van der Waals surface area (Å²) in [4.78, 5) is 6.91. The van der Waals surface area contributed by atoms with Gasteiger partial charge in [0.2, 0.25) is 0 Å². The summed E-state index contributed by atoms with van der Waals surface area (Å²) in [7, 11) is 0. The number of rotatable bonds is 5. The van der Waals surface area contributed by atoms with Gasteiger partial charge in [-0.05, 0) is 32.3 Å². The lowest BCUT2D eigenvalue weighted by atomic mass is 10.1. The Labute approximate surface area is 179 Å². The largest absolute Gasteiger partial charge is 0.386 e. The molecular formula is C20H32IN3O3. The number of aliphatic hydroxyl groups is 1. The first kappa shape index (κ1) is 22.4. The molecule has 0 aliphatic carbocycles. The fourth-order valence-electron chi connectivity index (χ4n) is 3.48. The van der Waals surface area contributed by atoms with Crippen LogP contribution in [0.25, 0.3) is 0 Å². The fraction of sp³-hybridized carbons (Fsp3) is 0.650. The molecule has 0 saturated carbocycles. The number of benzene rings is 1. The van der Waals surface area contributed by atoms with E-state index in [1.807, 2.05) is 31.2 Å². The van der Waals surface area contributed by atoms with Gasteiger partial charge in [-0.15, -0.1) is 24.0 Å². The van der Waals surface area contributed by atoms with Crippen LogP contribution >= 0.6 is 24.0 Å². The minimum atomic E-state index is -0.598. The minimum absolute atomic E-state index is 0. The quantitative estimate of drug-likeness (QED) is 0.378. The van der Waals surface area contributed by atoms with Gasteiger partial charge in [-0.1, -0.05) is 29.8 Å². The van der Waals surface area contributed by atoms with Crippen LogP contribution in [0.1, 0.15) is 37.0 Å². The van der Waals surface area contributed by atoms with Gasteiger partial charge in [0.25, 0.3) is 0 Å². The van der Waals surface area contributed by atoms with Crippen molar-refractivity contribution in [2.24, 2.45) is 4.99 Å². The minimum Gasteiger partial charge on any atom is -0.386 e. The summed E-state index contributed by atoms with van der Waals surface area (Å²) in [5, 5.41) is 13.8. The summed E-state index contributed by atoms with van der Waals surface area (Å²) < 4.78 is 11.7. The maximum Gasteiger partial charge on any atom is 0.194 e. The van der Waals surface area contributed by atoms with Gasteiger partial charge in [-0.3, -0.25) is 4.99 Å². The van der Waals surface area contributed by atoms with Gasteiger partial charge in [-0.25, -0.2) is 0 Å². The second-order valence-electron chi connectivity index (χ2n) is 7.03. The second-order valence-corrected chi connectivity index (χ2v) is 7.03. The van der Waals surface area contributed by atoms with Crippen LogP contribution in [0.15, 0.2) is 29.3 Å². The highest BCUT2D eigenvalue weighted by Crippen LogP contribution is 2.21. The molecular weight excluding hydrogens is 457 g/mol. The van der Waals surface area contributed by atoms with Crippen molar-refractivity contribution in [1.82, 2.24) is 10.2 Å². The molecule has 7 heteroatoms. The van der Waals surface area contributed by atoms with Gasteiger partial charge in [-0.2, -0.15) is 0 Å². The monoisotopic (exact) mass is 489 g/mol. The highest BCUT2D eigenvalue weighted by Gasteiger charge is 2.32. The van der Waals surface area contributed by atoms with Crippen LogP contribution in [0.3, 0.4) is 0 Å². The summed E-state index contributed by atoms with van der Waals surface area (Å²) in [5.74, 6) is 0.838. The van der Waals surface area contributed by atoms with Crippen molar-refractivity contribution < 1.29 is 14.6 Å². The van der Waals surface area contributed by atoms with Gasteiger partial charge in [0, 0.05) is 26.2 Å². The van der Waals surface area contributed by atoms with E-state index in [-0.39, 0.29) is 36.2 Å². The number of hydrogen-bond acceptors (Lipinski definition) is 4. The maximum atomic E-state index is 10.5. The number of aryl methyl sites for hydroxylation is 1. The van der Waals surface area contributed by atoms with E-state index in [1.165, 1.54) is 5.56 Å². The number of nitrogens with one attached hydrogen (secondary N) is 1. The van der Waals surface area contributed by atoms with Gasteiger partial charge < -0.3 is 24.8 Å². The lowest BCUT2D eigenvalue weighted by Crippen LogP contribution is -2.53. The molecule has 2 aliphatic heterocycles. The molecule has 27 heavy (non-hydrogen) atoms. The lowest BCUT2D eigenvalue weighted by molar-refractivity contribution is -0.0817. The van der Waals surface area contributed by atoms with Crippen molar-refractivity contribution in [3.63, 3.8) is 0 Å². The molecule has 2 heterocycles. The molecule has 6 nitrogen and oxygen atoms in total. The molecule has 3 atom stereocenters. The molecule has 1 aromatic rings. The standard InChI is InChI=1S/C20H31N3O3.HI/c1-3-21-20(22-13-17(24)16-8-6-15(2)7-9-16)23-10-12-26-19(14-23)18-5-4-11-25-18;/h6-9,17-19,24H,3-5,10-14H2,1-2H3,(H,21,22);1H. The van der Waals surface area contributed by atoms with E-state index in [2.05, 4.69) is 22.1 Å². The van der Waals surface area contributed by atoms with E-state index >= 15 is 0 Å². The van der Waals surface area contributed by atoms with Gasteiger partial charge in [0.1, 0.15) is 6.10 Å². The van der Waals surface area contributed by atoms with E-state index in [4.69, 9.17) is 9.47 Å². The van der Waals surface area contributed by atoms with Crippen molar-refractivity contribution in [1.29, 1.82) is 0 Å². The lowest BCUT2D eigenvalue weighted by Gasteiger charge is -2.37. The van der Waals surface area contributed by atoms with E-state index in [1.54, 1.807) is 0 Å². The first-order valence-electron chi connectivity index (χ1n) is 9.68. The number of ether oxygens (including phenoxy) is 2. The first-order valence-corrected chi connectivity index (χ1v) is 9.68. The highest BCUT2D eigenvalue weighted by atomic mass is 127. The van der Waals surface area contributed by atoms with E-state index in [0.29, 0.717) is 13.2 Å². The van der Waals surface area contributed by atoms with Crippen LogP contribution in [-0.4, -0.2) is 67.6 Å². The van der Waals surface area contributed by atoms with Gasteiger partial charge >= 0.3 is 0 Å². The molecule has 152 valence electrons. The normalized spacial score (nSPS) is 24.4. The van der Waals surface area contributed by atoms with Gasteiger partial charge in [0.15, 0.2) is 5.96 Å². The molecule has 0 spiro atoms. The van der Waals surface area contributed by atoms with Crippen molar-refractivity contribution in [2.45, 2.75) is 45.0 Å². The van der Waals surface area contributed by atoms with Crippen molar-refractivity contribution in [3.8, 4) is 0 Å². The Hall–Kier alpha value is -0.900. The zero-order valence-electron chi connectivity index (χ0n) is 16.3. The van der Waals surface area contributed by atoms with E-state index in [0.717, 1.165) is 50.6 Å². The molecule has 2 fully saturated rings. The number of nitrogens with zero attached hydrogens (tertiary/aromatic N) is 2. The SMILES string of the molecule is CCNC(=NCC(O)c1ccc(C)cc1)N1CCOC(C2CCCO2)C1.I. The van der Waals surface area contributed by atoms with Crippen molar-refractivity contribution >= 4 is 29.9 Å². The molecule has 0 amide bonds. The fourth-order valence-corrected chi connectivity index (χ4v) is 3.48. The van der Waals surface area contributed by atoms with E-state index < -0.39 is 6.10 Å². The Morgan fingerprint density at radius 2 is 2.00 bits per heavy atom. The van der Waals surface area contributed by atoms with Crippen molar-refractivity contribution in [2.75, 3.05) is 39.4 Å². The Bertz CT molecular complexity index is 591.